The number of benzene rings is 4. The summed E-state index contributed by atoms with van der Waals surface area (Å²) >= 11 is 10.1. The topological polar surface area (TPSA) is 204 Å². The van der Waals surface area contributed by atoms with E-state index in [2.05, 4.69) is 10.3 Å². The Morgan fingerprint density at radius 1 is 0.729 bits per heavy atom. The normalized spacial score (nSPS) is 14.2. The number of aryl methyl sites for hydroxylation is 1. The molecule has 296 valence electrons. The lowest BCUT2D eigenvalue weighted by molar-refractivity contribution is -0.127. The summed E-state index contributed by atoms with van der Waals surface area (Å²) in [5, 5.41) is 23.6. The molecule has 2 aliphatic heterocycles. The predicted octanol–water partition coefficient (Wildman–Crippen LogP) is 4.72. The number of nitrogens with zero attached hydrogens (tertiary/aromatic N) is 4. The summed E-state index contributed by atoms with van der Waals surface area (Å²) in [6, 6.07) is 31.3. The first-order valence-electron chi connectivity index (χ1n) is 17.5. The number of fused-ring (bicyclic) bond motifs is 2. The molecule has 17 heteroatoms. The van der Waals surface area contributed by atoms with Gasteiger partial charge in [0.25, 0.3) is 17.0 Å². The molecule has 0 radical (unpaired) electrons. The van der Waals surface area contributed by atoms with Crippen molar-refractivity contribution in [3.8, 4) is 17.3 Å². The van der Waals surface area contributed by atoms with Crippen LogP contribution < -0.4 is 26.2 Å². The third kappa shape index (κ3) is 8.13. The molecular formula is C42H32N6O9S2. The minimum atomic E-state index is -0.700. The van der Waals surface area contributed by atoms with Crippen molar-refractivity contribution in [2.75, 3.05) is 16.8 Å². The number of likely N-dealkylation sites (N-methyl/N-ethyl adjacent to an activating group) is 1. The number of aromatic nitrogens is 3. The molecule has 0 bridgehead atoms. The Balaban J connectivity index is 0.000000164. The number of thiocarbonyl (C=S) groups is 1. The number of anilines is 2. The molecule has 4 heterocycles. The number of carbonyl (C=O) groups excluding carboxylic acids is 5. The van der Waals surface area contributed by atoms with Gasteiger partial charge in [0.2, 0.25) is 23.5 Å². The minimum absolute atomic E-state index is 0.00962. The molecule has 59 heavy (non-hydrogen) atoms. The summed E-state index contributed by atoms with van der Waals surface area (Å²) in [4.78, 5) is 88.2. The van der Waals surface area contributed by atoms with Crippen molar-refractivity contribution in [2.45, 2.75) is 6.42 Å². The maximum absolute atomic E-state index is 12.9. The SMILES string of the molecule is CN1C(=O)C(=Cc2c(O)n(-c3ccccc3)c(=S)[nH]c2=O)C(=O)c2ccccc21.Cn1c(=O)c(C=O)c(O)c2ccccc21.O=C1CC(=O)N(c2ccccc2)C(=S)N1. The van der Waals surface area contributed by atoms with Gasteiger partial charge in [0.15, 0.2) is 16.2 Å². The maximum atomic E-state index is 12.9. The number of hydrogen-bond donors (Lipinski definition) is 4. The van der Waals surface area contributed by atoms with Crippen LogP contribution in [0.1, 0.15) is 32.7 Å². The van der Waals surface area contributed by atoms with Crippen LogP contribution in [0.3, 0.4) is 0 Å². The second-order valence-corrected chi connectivity index (χ2v) is 13.6. The molecule has 6 aromatic rings. The highest BCUT2D eigenvalue weighted by Gasteiger charge is 2.33. The van der Waals surface area contributed by atoms with Gasteiger partial charge in [-0.2, -0.15) is 0 Å². The minimum Gasteiger partial charge on any atom is -0.506 e. The van der Waals surface area contributed by atoms with E-state index in [0.717, 1.165) is 6.08 Å². The van der Waals surface area contributed by atoms with Crippen LogP contribution in [-0.4, -0.2) is 66.3 Å². The summed E-state index contributed by atoms with van der Waals surface area (Å²) < 4.78 is 2.60. The lowest BCUT2D eigenvalue weighted by atomic mass is 9.94. The summed E-state index contributed by atoms with van der Waals surface area (Å²) in [5.41, 5.74) is 0.792. The van der Waals surface area contributed by atoms with Crippen molar-refractivity contribution in [3.05, 3.63) is 157 Å². The molecule has 15 nitrogen and oxygen atoms in total. The summed E-state index contributed by atoms with van der Waals surface area (Å²) in [6.45, 7) is 0. The molecule has 2 aliphatic rings. The van der Waals surface area contributed by atoms with Gasteiger partial charge in [0.1, 0.15) is 23.3 Å². The lowest BCUT2D eigenvalue weighted by Crippen LogP contribution is -2.52. The van der Waals surface area contributed by atoms with Gasteiger partial charge in [-0.25, -0.2) is 0 Å². The fourth-order valence-corrected chi connectivity index (χ4v) is 6.85. The van der Waals surface area contributed by atoms with Crippen LogP contribution in [-0.2, 0) is 21.4 Å². The standard InChI is InChI=1S/C21H15N3O4S.C11H9NO3.C10H8N2O2S/c1-23-16-10-6-5-9-13(16)17(25)14(19(23)27)11-15-18(26)22-21(29)24(20(15)28)12-7-3-2-4-8-12;1-12-9-5-3-2-4-7(9)10(14)8(6-13)11(12)15;13-8-6-9(14)12(10(15)11-8)7-4-2-1-3-5-7/h2-11,28H,1H3,(H,22,26,29);2-6,14H,1H3;1-5H,6H2,(H,11,13,15). The van der Waals surface area contributed by atoms with Crippen LogP contribution >= 0.6 is 24.4 Å². The molecule has 1 saturated heterocycles. The van der Waals surface area contributed by atoms with Crippen LogP contribution in [0.15, 0.2) is 124 Å². The first-order chi connectivity index (χ1) is 28.2. The Kier molecular flexibility index (Phi) is 12.0. The molecule has 3 amide bonds. The van der Waals surface area contributed by atoms with Crippen molar-refractivity contribution >= 4 is 87.7 Å². The molecule has 0 unspecified atom stereocenters. The van der Waals surface area contributed by atoms with Gasteiger partial charge in [0, 0.05) is 25.0 Å². The highest BCUT2D eigenvalue weighted by molar-refractivity contribution is 7.80. The number of pyridine rings is 1. The molecule has 4 N–H and O–H groups in total. The van der Waals surface area contributed by atoms with Gasteiger partial charge in [-0.1, -0.05) is 60.7 Å². The number of carbonyl (C=O) groups is 5. The van der Waals surface area contributed by atoms with Gasteiger partial charge in [-0.05, 0) is 79.0 Å². The molecule has 0 aliphatic carbocycles. The first kappa shape index (κ1) is 41.0. The highest BCUT2D eigenvalue weighted by atomic mass is 32.1. The zero-order valence-corrected chi connectivity index (χ0v) is 32.7. The number of Topliss-reactive ketones (excluding diaryl/α,β-unsaturated/α-hetero) is 1. The van der Waals surface area contributed by atoms with E-state index in [1.165, 1.54) is 18.9 Å². The number of para-hydroxylation sites is 4. The maximum Gasteiger partial charge on any atom is 0.265 e. The predicted molar refractivity (Wildman–Crippen MR) is 227 cm³/mol. The summed E-state index contributed by atoms with van der Waals surface area (Å²) in [7, 11) is 3.11. The van der Waals surface area contributed by atoms with Crippen molar-refractivity contribution in [1.82, 2.24) is 19.4 Å². The van der Waals surface area contributed by atoms with Crippen LogP contribution in [0, 0.1) is 4.77 Å². The Hall–Kier alpha value is -7.63. The molecule has 2 aromatic heterocycles. The van der Waals surface area contributed by atoms with Crippen molar-refractivity contribution < 1.29 is 34.2 Å². The molecule has 0 atom stereocenters. The number of ketones is 1. The lowest BCUT2D eigenvalue weighted by Gasteiger charge is -2.27. The number of aldehydes is 1. The third-order valence-electron chi connectivity index (χ3n) is 9.17. The fourth-order valence-electron chi connectivity index (χ4n) is 6.24. The van der Waals surface area contributed by atoms with Crippen LogP contribution in [0.4, 0.5) is 11.4 Å². The molecule has 8 rings (SSSR count). The number of aromatic hydroxyl groups is 2. The molecule has 1 fully saturated rings. The van der Waals surface area contributed by atoms with Gasteiger partial charge >= 0.3 is 0 Å². The monoisotopic (exact) mass is 828 g/mol. The Morgan fingerprint density at radius 2 is 1.32 bits per heavy atom. The van der Waals surface area contributed by atoms with Crippen LogP contribution in [0.5, 0.6) is 11.6 Å². The van der Waals surface area contributed by atoms with Gasteiger partial charge in [0.05, 0.1) is 28.2 Å². The number of nitrogens with one attached hydrogen (secondary N) is 2. The Labute approximate surface area is 344 Å². The van der Waals surface area contributed by atoms with Gasteiger partial charge < -0.3 is 25.0 Å². The van der Waals surface area contributed by atoms with Crippen LogP contribution in [0.2, 0.25) is 0 Å². The Morgan fingerprint density at radius 3 is 1.97 bits per heavy atom. The average Bonchev–Trinajstić information content (AvgIpc) is 3.23. The van der Waals surface area contributed by atoms with E-state index in [1.54, 1.807) is 105 Å². The first-order valence-corrected chi connectivity index (χ1v) is 18.3. The van der Waals surface area contributed by atoms with Crippen molar-refractivity contribution in [1.29, 1.82) is 0 Å². The summed E-state index contributed by atoms with van der Waals surface area (Å²) in [5.74, 6) is -2.44. The molecule has 0 spiro atoms. The zero-order valence-electron chi connectivity index (χ0n) is 31.1. The number of amides is 3. The van der Waals surface area contributed by atoms with Gasteiger partial charge in [-0.15, -0.1) is 0 Å². The highest BCUT2D eigenvalue weighted by Crippen LogP contribution is 2.31. The molecule has 4 aromatic carbocycles. The smallest absolute Gasteiger partial charge is 0.265 e. The summed E-state index contributed by atoms with van der Waals surface area (Å²) in [6.07, 6.45) is 1.33. The second kappa shape index (κ2) is 17.2. The van der Waals surface area contributed by atoms with E-state index in [-0.39, 0.29) is 50.6 Å². The number of aromatic amines is 1. The Bertz CT molecular complexity index is 2900. The van der Waals surface area contributed by atoms with Crippen LogP contribution in [0.25, 0.3) is 22.7 Å². The fraction of sp³-hybridized carbons (Fsp3) is 0.0714. The van der Waals surface area contributed by atoms with E-state index < -0.39 is 28.7 Å². The number of rotatable bonds is 4. The van der Waals surface area contributed by atoms with E-state index in [4.69, 9.17) is 24.4 Å². The van der Waals surface area contributed by atoms with Crippen molar-refractivity contribution in [2.24, 2.45) is 7.05 Å². The molecule has 0 saturated carbocycles. The zero-order chi connectivity index (χ0) is 42.5. The third-order valence-corrected chi connectivity index (χ3v) is 9.74. The number of hydrogen-bond acceptors (Lipinski definition) is 11. The number of H-pyrrole nitrogens is 1. The van der Waals surface area contributed by atoms with Gasteiger partial charge in [-0.3, -0.25) is 48.0 Å². The second-order valence-electron chi connectivity index (χ2n) is 12.8. The van der Waals surface area contributed by atoms with E-state index >= 15 is 0 Å². The molecular weight excluding hydrogens is 797 g/mol. The van der Waals surface area contributed by atoms with E-state index in [0.29, 0.717) is 39.8 Å². The van der Waals surface area contributed by atoms with E-state index in [9.17, 15) is 43.8 Å². The quantitative estimate of drug-likeness (QED) is 0.0629. The van der Waals surface area contributed by atoms with Crippen molar-refractivity contribution in [3.63, 3.8) is 0 Å². The van der Waals surface area contributed by atoms with E-state index in [1.807, 2.05) is 18.2 Å². The average molecular weight is 829 g/mol. The largest absolute Gasteiger partial charge is 0.506 e.